The van der Waals surface area contributed by atoms with Crippen LogP contribution < -0.4 is 15.8 Å². The summed E-state index contributed by atoms with van der Waals surface area (Å²) in [5, 5.41) is 2.81. The van der Waals surface area contributed by atoms with Crippen LogP contribution in [-0.4, -0.2) is 18.6 Å². The second-order valence-corrected chi connectivity index (χ2v) is 5.70. The first kappa shape index (κ1) is 17.4. The Morgan fingerprint density at radius 2 is 2.00 bits per heavy atom. The summed E-state index contributed by atoms with van der Waals surface area (Å²) in [7, 11) is 0. The third-order valence-electron chi connectivity index (χ3n) is 3.16. The molecule has 1 aromatic carbocycles. The van der Waals surface area contributed by atoms with Crippen molar-refractivity contribution in [2.24, 2.45) is 11.7 Å². The van der Waals surface area contributed by atoms with E-state index in [0.717, 1.165) is 6.42 Å². The molecule has 0 aromatic heterocycles. The molecule has 1 unspecified atom stereocenters. The van der Waals surface area contributed by atoms with Crippen LogP contribution in [0, 0.1) is 11.7 Å². The van der Waals surface area contributed by atoms with E-state index in [1.165, 1.54) is 12.1 Å². The third-order valence-corrected chi connectivity index (χ3v) is 3.16. The van der Waals surface area contributed by atoms with Crippen molar-refractivity contribution in [3.63, 3.8) is 0 Å². The molecule has 118 valence electrons. The first-order chi connectivity index (χ1) is 9.81. The van der Waals surface area contributed by atoms with Crippen molar-refractivity contribution in [3.8, 4) is 5.75 Å². The molecule has 1 amide bonds. The second kappa shape index (κ2) is 7.98. The van der Waals surface area contributed by atoms with Crippen LogP contribution in [0.25, 0.3) is 0 Å². The molecule has 1 rings (SSSR count). The second-order valence-electron chi connectivity index (χ2n) is 5.70. The minimum Gasteiger partial charge on any atom is -0.480 e. The van der Waals surface area contributed by atoms with Crippen molar-refractivity contribution in [1.29, 1.82) is 0 Å². The summed E-state index contributed by atoms with van der Waals surface area (Å²) >= 11 is 0. The maximum atomic E-state index is 13.3. The number of carbonyl (C=O) groups is 1. The van der Waals surface area contributed by atoms with E-state index in [1.807, 2.05) is 0 Å². The number of nitrogens with one attached hydrogen (secondary N) is 1. The van der Waals surface area contributed by atoms with Gasteiger partial charge in [0, 0.05) is 24.2 Å². The van der Waals surface area contributed by atoms with E-state index in [1.54, 1.807) is 19.9 Å². The van der Waals surface area contributed by atoms with Crippen molar-refractivity contribution in [3.05, 3.63) is 29.6 Å². The molecular weight excluding hydrogens is 271 g/mol. The normalized spacial score (nSPS) is 13.9. The van der Waals surface area contributed by atoms with E-state index in [0.29, 0.717) is 23.8 Å². The van der Waals surface area contributed by atoms with Gasteiger partial charge in [0.1, 0.15) is 11.6 Å². The molecule has 21 heavy (non-hydrogen) atoms. The molecule has 3 N–H and O–H groups in total. The lowest BCUT2D eigenvalue weighted by atomic mass is 10.1. The molecule has 0 heterocycles. The fourth-order valence-corrected chi connectivity index (χ4v) is 1.86. The maximum absolute atomic E-state index is 13.3. The highest BCUT2D eigenvalue weighted by molar-refractivity contribution is 5.80. The van der Waals surface area contributed by atoms with Gasteiger partial charge in [0.2, 0.25) is 0 Å². The zero-order valence-electron chi connectivity index (χ0n) is 13.2. The monoisotopic (exact) mass is 296 g/mol. The zero-order valence-corrected chi connectivity index (χ0v) is 13.2. The smallest absolute Gasteiger partial charge is 0.260 e. The van der Waals surface area contributed by atoms with Crippen LogP contribution in [0.1, 0.15) is 45.7 Å². The van der Waals surface area contributed by atoms with Gasteiger partial charge in [-0.25, -0.2) is 4.39 Å². The van der Waals surface area contributed by atoms with Gasteiger partial charge < -0.3 is 15.8 Å². The highest BCUT2D eigenvalue weighted by Crippen LogP contribution is 2.25. The van der Waals surface area contributed by atoms with E-state index in [-0.39, 0.29) is 11.9 Å². The average Bonchev–Trinajstić information content (AvgIpc) is 2.37. The number of amides is 1. The Balaban J connectivity index is 2.67. The molecule has 5 heteroatoms. The van der Waals surface area contributed by atoms with Crippen LogP contribution in [0.15, 0.2) is 18.2 Å². The van der Waals surface area contributed by atoms with E-state index in [4.69, 9.17) is 10.5 Å². The molecule has 1 aromatic rings. The molecule has 0 aliphatic heterocycles. The highest BCUT2D eigenvalue weighted by Gasteiger charge is 2.17. The Morgan fingerprint density at radius 3 is 2.57 bits per heavy atom. The number of halogens is 1. The van der Waals surface area contributed by atoms with E-state index >= 15 is 0 Å². The molecule has 0 saturated heterocycles. The van der Waals surface area contributed by atoms with E-state index < -0.39 is 11.9 Å². The topological polar surface area (TPSA) is 64.3 Å². The SMILES string of the molecule is CC(C)CCNC(=O)C(C)Oc1cc(F)ccc1[C@@H](C)N. The number of hydrogen-bond acceptors (Lipinski definition) is 3. The Morgan fingerprint density at radius 1 is 1.33 bits per heavy atom. The van der Waals surface area contributed by atoms with E-state index in [2.05, 4.69) is 19.2 Å². The predicted molar refractivity (Wildman–Crippen MR) is 81.6 cm³/mol. The van der Waals surface area contributed by atoms with Gasteiger partial charge in [0.05, 0.1) is 0 Å². The molecule has 0 fully saturated rings. The Bertz CT molecular complexity index is 475. The highest BCUT2D eigenvalue weighted by atomic mass is 19.1. The minimum atomic E-state index is -0.698. The lowest BCUT2D eigenvalue weighted by Gasteiger charge is -2.19. The molecule has 4 nitrogen and oxygen atoms in total. The predicted octanol–water partition coefficient (Wildman–Crippen LogP) is 2.78. The van der Waals surface area contributed by atoms with Gasteiger partial charge in [0.25, 0.3) is 5.91 Å². The summed E-state index contributed by atoms with van der Waals surface area (Å²) in [6.45, 7) is 8.21. The summed E-state index contributed by atoms with van der Waals surface area (Å²) in [6.07, 6.45) is 0.209. The fraction of sp³-hybridized carbons (Fsp3) is 0.562. The minimum absolute atomic E-state index is 0.212. The molecular formula is C16H25FN2O2. The first-order valence-electron chi connectivity index (χ1n) is 7.30. The first-order valence-corrected chi connectivity index (χ1v) is 7.30. The number of nitrogens with two attached hydrogens (primary N) is 1. The van der Waals surface area contributed by atoms with Crippen molar-refractivity contribution in [1.82, 2.24) is 5.32 Å². The quantitative estimate of drug-likeness (QED) is 0.813. The maximum Gasteiger partial charge on any atom is 0.260 e. The Hall–Kier alpha value is -1.62. The summed E-state index contributed by atoms with van der Waals surface area (Å²) in [4.78, 5) is 11.9. The fourth-order valence-electron chi connectivity index (χ4n) is 1.86. The summed E-state index contributed by atoms with van der Waals surface area (Å²) in [5.41, 5.74) is 6.51. The van der Waals surface area contributed by atoms with Crippen LogP contribution in [0.5, 0.6) is 5.75 Å². The lowest BCUT2D eigenvalue weighted by molar-refractivity contribution is -0.127. The molecule has 0 aliphatic carbocycles. The van der Waals surface area contributed by atoms with Gasteiger partial charge >= 0.3 is 0 Å². The van der Waals surface area contributed by atoms with Crippen LogP contribution in [-0.2, 0) is 4.79 Å². The van der Waals surface area contributed by atoms with Gasteiger partial charge in [-0.2, -0.15) is 0 Å². The number of rotatable bonds is 7. The van der Waals surface area contributed by atoms with Crippen molar-refractivity contribution >= 4 is 5.91 Å². The summed E-state index contributed by atoms with van der Waals surface area (Å²) in [5.74, 6) is 0.211. The van der Waals surface area contributed by atoms with Gasteiger partial charge in [-0.15, -0.1) is 0 Å². The Kier molecular flexibility index (Phi) is 6.62. The average molecular weight is 296 g/mol. The molecule has 0 saturated carbocycles. The lowest BCUT2D eigenvalue weighted by Crippen LogP contribution is -2.37. The number of carbonyl (C=O) groups excluding carboxylic acids is 1. The summed E-state index contributed by atoms with van der Waals surface area (Å²) in [6, 6.07) is 3.88. The molecule has 0 radical (unpaired) electrons. The molecule has 0 aliphatic rings. The number of hydrogen-bond donors (Lipinski definition) is 2. The number of ether oxygens (including phenoxy) is 1. The van der Waals surface area contributed by atoms with Crippen molar-refractivity contribution < 1.29 is 13.9 Å². The van der Waals surface area contributed by atoms with Crippen LogP contribution >= 0.6 is 0 Å². The van der Waals surface area contributed by atoms with Gasteiger partial charge in [-0.3, -0.25) is 4.79 Å². The van der Waals surface area contributed by atoms with E-state index in [9.17, 15) is 9.18 Å². The van der Waals surface area contributed by atoms with Crippen LogP contribution in [0.2, 0.25) is 0 Å². The zero-order chi connectivity index (χ0) is 16.0. The summed E-state index contributed by atoms with van der Waals surface area (Å²) < 4.78 is 18.9. The third kappa shape index (κ3) is 5.71. The van der Waals surface area contributed by atoms with Gasteiger partial charge in [0.15, 0.2) is 6.10 Å². The molecule has 2 atom stereocenters. The van der Waals surface area contributed by atoms with Crippen LogP contribution in [0.3, 0.4) is 0 Å². The number of benzene rings is 1. The standard InChI is InChI=1S/C16H25FN2O2/c1-10(2)7-8-19-16(20)12(4)21-15-9-13(17)5-6-14(15)11(3)18/h5-6,9-12H,7-8,18H2,1-4H3,(H,19,20)/t11-,12?/m1/s1. The molecule has 0 bridgehead atoms. The largest absolute Gasteiger partial charge is 0.480 e. The van der Waals surface area contributed by atoms with Gasteiger partial charge in [-0.05, 0) is 32.3 Å². The van der Waals surface area contributed by atoms with Crippen LogP contribution in [0.4, 0.5) is 4.39 Å². The molecule has 0 spiro atoms. The van der Waals surface area contributed by atoms with Gasteiger partial charge in [-0.1, -0.05) is 19.9 Å². The van der Waals surface area contributed by atoms with Crippen molar-refractivity contribution in [2.75, 3.05) is 6.54 Å². The van der Waals surface area contributed by atoms with Crippen molar-refractivity contribution in [2.45, 2.75) is 46.3 Å². The Labute approximate surface area is 125 Å².